The first kappa shape index (κ1) is 17.2. The monoisotopic (exact) mass is 339 g/mol. The maximum Gasteiger partial charge on any atom is 0.241 e. The van der Waals surface area contributed by atoms with E-state index in [1.54, 1.807) is 25.1 Å². The molecule has 0 spiro atoms. The molecule has 0 aromatic heterocycles. The van der Waals surface area contributed by atoms with Gasteiger partial charge >= 0.3 is 0 Å². The molecule has 0 aliphatic carbocycles. The highest BCUT2D eigenvalue weighted by Gasteiger charge is 2.21. The molecule has 1 N–H and O–H groups in total. The van der Waals surface area contributed by atoms with Gasteiger partial charge in [0.2, 0.25) is 10.0 Å². The predicted octanol–water partition coefficient (Wildman–Crippen LogP) is 2.88. The maximum atomic E-state index is 13.2. The van der Waals surface area contributed by atoms with Crippen LogP contribution in [0.15, 0.2) is 47.4 Å². The average molecular weight is 339 g/mol. The molecule has 0 saturated carbocycles. The second-order valence-corrected chi connectivity index (χ2v) is 6.62. The van der Waals surface area contributed by atoms with Crippen molar-refractivity contribution in [3.8, 4) is 11.5 Å². The molecule has 0 aliphatic heterocycles. The Labute approximate surface area is 135 Å². The van der Waals surface area contributed by atoms with Crippen LogP contribution in [0.2, 0.25) is 0 Å². The molecule has 0 saturated heterocycles. The highest BCUT2D eigenvalue weighted by molar-refractivity contribution is 7.89. The van der Waals surface area contributed by atoms with Gasteiger partial charge in [-0.05, 0) is 43.3 Å². The van der Waals surface area contributed by atoms with Crippen molar-refractivity contribution in [2.45, 2.75) is 17.9 Å². The van der Waals surface area contributed by atoms with Crippen LogP contribution in [0.4, 0.5) is 4.39 Å². The molecule has 0 amide bonds. The van der Waals surface area contributed by atoms with E-state index in [0.29, 0.717) is 17.1 Å². The van der Waals surface area contributed by atoms with Gasteiger partial charge in [0.1, 0.15) is 17.3 Å². The Bertz CT molecular complexity index is 792. The first-order valence-electron chi connectivity index (χ1n) is 6.87. The van der Waals surface area contributed by atoms with Gasteiger partial charge < -0.3 is 9.47 Å². The lowest BCUT2D eigenvalue weighted by atomic mass is 10.1. The van der Waals surface area contributed by atoms with Crippen LogP contribution in [0.5, 0.6) is 11.5 Å². The molecule has 124 valence electrons. The summed E-state index contributed by atoms with van der Waals surface area (Å²) in [7, 11) is -0.841. The fourth-order valence-electron chi connectivity index (χ4n) is 2.18. The number of hydrogen-bond donors (Lipinski definition) is 1. The predicted molar refractivity (Wildman–Crippen MR) is 84.7 cm³/mol. The van der Waals surface area contributed by atoms with Gasteiger partial charge in [-0.15, -0.1) is 0 Å². The van der Waals surface area contributed by atoms with E-state index >= 15 is 0 Å². The Morgan fingerprint density at radius 3 is 2.43 bits per heavy atom. The van der Waals surface area contributed by atoms with Gasteiger partial charge in [0.05, 0.1) is 19.1 Å². The third-order valence-corrected chi connectivity index (χ3v) is 4.88. The van der Waals surface area contributed by atoms with Crippen LogP contribution in [0.3, 0.4) is 0 Å². The SMILES string of the molecule is COc1ccc(OC)c(C(C)NS(=O)(=O)c2cccc(F)c2)c1. The van der Waals surface area contributed by atoms with Crippen LogP contribution in [-0.4, -0.2) is 22.6 Å². The number of nitrogens with one attached hydrogen (secondary N) is 1. The van der Waals surface area contributed by atoms with E-state index in [4.69, 9.17) is 9.47 Å². The van der Waals surface area contributed by atoms with Crippen molar-refractivity contribution in [3.05, 3.63) is 53.8 Å². The van der Waals surface area contributed by atoms with Crippen molar-refractivity contribution in [2.24, 2.45) is 0 Å². The van der Waals surface area contributed by atoms with Gasteiger partial charge in [0, 0.05) is 11.6 Å². The zero-order valence-corrected chi connectivity index (χ0v) is 13.9. The molecule has 0 fully saturated rings. The molecule has 7 heteroatoms. The normalized spacial score (nSPS) is 12.7. The molecule has 0 radical (unpaired) electrons. The number of halogens is 1. The van der Waals surface area contributed by atoms with E-state index in [1.807, 2.05) is 0 Å². The Morgan fingerprint density at radius 1 is 1.09 bits per heavy atom. The van der Waals surface area contributed by atoms with Crippen molar-refractivity contribution in [1.29, 1.82) is 0 Å². The van der Waals surface area contributed by atoms with E-state index in [-0.39, 0.29) is 4.90 Å². The Hall–Kier alpha value is -2.12. The lowest BCUT2D eigenvalue weighted by Gasteiger charge is -2.18. The fraction of sp³-hybridized carbons (Fsp3) is 0.250. The van der Waals surface area contributed by atoms with Crippen LogP contribution in [-0.2, 0) is 10.0 Å². The van der Waals surface area contributed by atoms with E-state index < -0.39 is 21.9 Å². The minimum atomic E-state index is -3.86. The summed E-state index contributed by atoms with van der Waals surface area (Å²) in [6.07, 6.45) is 0. The van der Waals surface area contributed by atoms with Gasteiger partial charge in [-0.1, -0.05) is 6.07 Å². The average Bonchev–Trinajstić information content (AvgIpc) is 2.53. The molecule has 0 aliphatic rings. The van der Waals surface area contributed by atoms with Crippen LogP contribution in [0.1, 0.15) is 18.5 Å². The van der Waals surface area contributed by atoms with Crippen molar-refractivity contribution < 1.29 is 22.3 Å². The highest BCUT2D eigenvalue weighted by atomic mass is 32.2. The summed E-state index contributed by atoms with van der Waals surface area (Å²) in [4.78, 5) is -0.133. The quantitative estimate of drug-likeness (QED) is 0.879. The first-order valence-corrected chi connectivity index (χ1v) is 8.35. The summed E-state index contributed by atoms with van der Waals surface area (Å²) in [5.41, 5.74) is 0.617. The van der Waals surface area contributed by atoms with Gasteiger partial charge in [0.15, 0.2) is 0 Å². The molecule has 2 aromatic rings. The minimum absolute atomic E-state index is 0.133. The molecule has 0 heterocycles. The van der Waals surface area contributed by atoms with Crippen LogP contribution in [0, 0.1) is 5.82 Å². The number of rotatable bonds is 6. The van der Waals surface area contributed by atoms with Crippen LogP contribution < -0.4 is 14.2 Å². The molecule has 0 bridgehead atoms. The van der Waals surface area contributed by atoms with Crippen molar-refractivity contribution in [3.63, 3.8) is 0 Å². The lowest BCUT2D eigenvalue weighted by Crippen LogP contribution is -2.27. The summed E-state index contributed by atoms with van der Waals surface area (Å²) in [6.45, 7) is 1.67. The number of hydrogen-bond acceptors (Lipinski definition) is 4. The summed E-state index contributed by atoms with van der Waals surface area (Å²) < 4.78 is 50.9. The minimum Gasteiger partial charge on any atom is -0.497 e. The number of methoxy groups -OCH3 is 2. The second kappa shape index (κ2) is 6.97. The van der Waals surface area contributed by atoms with E-state index in [2.05, 4.69) is 4.72 Å². The van der Waals surface area contributed by atoms with Gasteiger partial charge in [-0.2, -0.15) is 0 Å². The van der Waals surface area contributed by atoms with Crippen molar-refractivity contribution in [2.75, 3.05) is 14.2 Å². The molecule has 2 aromatic carbocycles. The lowest BCUT2D eigenvalue weighted by molar-refractivity contribution is 0.395. The van der Waals surface area contributed by atoms with Crippen molar-refractivity contribution >= 4 is 10.0 Å². The Balaban J connectivity index is 2.33. The van der Waals surface area contributed by atoms with Gasteiger partial charge in [-0.25, -0.2) is 17.5 Å². The molecule has 23 heavy (non-hydrogen) atoms. The van der Waals surface area contributed by atoms with E-state index in [9.17, 15) is 12.8 Å². The number of sulfonamides is 1. The number of ether oxygens (including phenoxy) is 2. The zero-order chi connectivity index (χ0) is 17.0. The van der Waals surface area contributed by atoms with E-state index in [1.165, 1.54) is 32.4 Å². The van der Waals surface area contributed by atoms with E-state index in [0.717, 1.165) is 6.07 Å². The molecule has 2 rings (SSSR count). The van der Waals surface area contributed by atoms with Crippen molar-refractivity contribution in [1.82, 2.24) is 4.72 Å². The Morgan fingerprint density at radius 2 is 1.83 bits per heavy atom. The third-order valence-electron chi connectivity index (χ3n) is 3.34. The summed E-state index contributed by atoms with van der Waals surface area (Å²) in [5, 5.41) is 0. The zero-order valence-electron chi connectivity index (χ0n) is 13.0. The number of benzene rings is 2. The van der Waals surface area contributed by atoms with Crippen LogP contribution in [0.25, 0.3) is 0 Å². The standard InChI is InChI=1S/C16H18FNO4S/c1-11(15-10-13(21-2)7-8-16(15)22-3)18-23(19,20)14-6-4-5-12(17)9-14/h4-11,18H,1-3H3. The molecule has 1 atom stereocenters. The maximum absolute atomic E-state index is 13.2. The smallest absolute Gasteiger partial charge is 0.241 e. The van der Waals surface area contributed by atoms with Crippen LogP contribution >= 0.6 is 0 Å². The fourth-order valence-corrected chi connectivity index (χ4v) is 3.43. The molecule has 5 nitrogen and oxygen atoms in total. The molecular formula is C16H18FNO4S. The summed E-state index contributed by atoms with van der Waals surface area (Å²) >= 11 is 0. The second-order valence-electron chi connectivity index (χ2n) is 4.91. The largest absolute Gasteiger partial charge is 0.497 e. The summed E-state index contributed by atoms with van der Waals surface area (Å²) in [6, 6.07) is 9.36. The molecular weight excluding hydrogens is 321 g/mol. The summed E-state index contributed by atoms with van der Waals surface area (Å²) in [5.74, 6) is 0.498. The topological polar surface area (TPSA) is 64.6 Å². The highest BCUT2D eigenvalue weighted by Crippen LogP contribution is 2.30. The third kappa shape index (κ3) is 4.00. The Kier molecular flexibility index (Phi) is 5.23. The first-order chi connectivity index (χ1) is 10.9. The van der Waals surface area contributed by atoms with Gasteiger partial charge in [0.25, 0.3) is 0 Å². The van der Waals surface area contributed by atoms with Gasteiger partial charge in [-0.3, -0.25) is 0 Å². The molecule has 1 unspecified atom stereocenters.